The number of rotatable bonds is 3. The van der Waals surface area contributed by atoms with Crippen molar-refractivity contribution in [2.75, 3.05) is 13.6 Å². The Labute approximate surface area is 120 Å². The molecule has 1 saturated heterocycles. The smallest absolute Gasteiger partial charge is 0.222 e. The molecule has 2 unspecified atom stereocenters. The van der Waals surface area contributed by atoms with Crippen LogP contribution in [0, 0.1) is 5.92 Å². The molecule has 20 heavy (non-hydrogen) atoms. The van der Waals surface area contributed by atoms with Gasteiger partial charge < -0.3 is 9.45 Å². The van der Waals surface area contributed by atoms with Crippen molar-refractivity contribution in [3.63, 3.8) is 0 Å². The molecule has 0 N–H and O–H groups in total. The highest BCUT2D eigenvalue weighted by Crippen LogP contribution is 2.37. The number of hydrogen-bond donors (Lipinski definition) is 0. The van der Waals surface area contributed by atoms with Crippen molar-refractivity contribution in [2.24, 2.45) is 5.92 Å². The van der Waals surface area contributed by atoms with E-state index in [1.165, 1.54) is 6.08 Å². The van der Waals surface area contributed by atoms with E-state index in [0.717, 1.165) is 12.0 Å². The molecule has 0 aromatic heterocycles. The zero-order valence-electron chi connectivity index (χ0n) is 11.8. The lowest BCUT2D eigenvalue weighted by atomic mass is 9.83. The summed E-state index contributed by atoms with van der Waals surface area (Å²) in [5.41, 5.74) is 0.962. The summed E-state index contributed by atoms with van der Waals surface area (Å²) in [6.45, 7) is 2.49. The Morgan fingerprint density at radius 2 is 2.20 bits per heavy atom. The second kappa shape index (κ2) is 5.33. The van der Waals surface area contributed by atoms with Gasteiger partial charge >= 0.3 is 0 Å². The Kier molecular flexibility index (Phi) is 4.07. The van der Waals surface area contributed by atoms with Gasteiger partial charge in [-0.2, -0.15) is 0 Å². The molecule has 5 nitrogen and oxygen atoms in total. The zero-order valence-corrected chi connectivity index (χ0v) is 12.6. The summed E-state index contributed by atoms with van der Waals surface area (Å²) in [6.07, 6.45) is 6.51. The summed E-state index contributed by atoms with van der Waals surface area (Å²) in [6, 6.07) is 0. The highest BCUT2D eigenvalue weighted by atomic mass is 32.2. The molecule has 1 heterocycles. The molecule has 1 aliphatic carbocycles. The fraction of sp³-hybridized carbons (Fsp3) is 0.643. The molecule has 2 atom stereocenters. The summed E-state index contributed by atoms with van der Waals surface area (Å²) < 4.78 is 33.7. The van der Waals surface area contributed by atoms with Gasteiger partial charge in [-0.1, -0.05) is 23.8 Å². The van der Waals surface area contributed by atoms with Crippen molar-refractivity contribution in [2.45, 2.75) is 37.4 Å². The maximum atomic E-state index is 11.7. The van der Waals surface area contributed by atoms with Crippen LogP contribution >= 0.6 is 0 Å². The number of allylic oxidation sites excluding steroid dienone is 3. The molecule has 0 bridgehead atoms. The number of piperidine rings is 1. The van der Waals surface area contributed by atoms with Gasteiger partial charge in [-0.05, 0) is 32.1 Å². The Morgan fingerprint density at radius 1 is 1.50 bits per heavy atom. The van der Waals surface area contributed by atoms with Gasteiger partial charge in [-0.25, -0.2) is 8.42 Å². The predicted molar refractivity (Wildman–Crippen MR) is 74.9 cm³/mol. The normalized spacial score (nSPS) is 31.4. The largest absolute Gasteiger partial charge is 0.747 e. The van der Waals surface area contributed by atoms with Crippen LogP contribution in [-0.2, 0) is 14.9 Å². The van der Waals surface area contributed by atoms with Crippen molar-refractivity contribution in [1.82, 2.24) is 4.90 Å². The van der Waals surface area contributed by atoms with E-state index in [-0.39, 0.29) is 24.7 Å². The van der Waals surface area contributed by atoms with Gasteiger partial charge in [0.05, 0.1) is 4.75 Å². The lowest BCUT2D eigenvalue weighted by Crippen LogP contribution is -2.43. The third-order valence-electron chi connectivity index (χ3n) is 4.31. The van der Waals surface area contributed by atoms with Gasteiger partial charge in [0.15, 0.2) is 0 Å². The summed E-state index contributed by atoms with van der Waals surface area (Å²) >= 11 is 0. The first-order chi connectivity index (χ1) is 9.23. The number of carbonyl (C=O) groups excluding carboxylic acids is 1. The van der Waals surface area contributed by atoms with Crippen molar-refractivity contribution < 1.29 is 17.8 Å². The second-order valence-electron chi connectivity index (χ2n) is 5.88. The van der Waals surface area contributed by atoms with E-state index in [0.29, 0.717) is 13.0 Å². The molecule has 0 aromatic rings. The molecule has 112 valence electrons. The first kappa shape index (κ1) is 15.3. The number of carbonyl (C=O) groups is 1. The third-order valence-corrected chi connectivity index (χ3v) is 5.78. The van der Waals surface area contributed by atoms with Crippen molar-refractivity contribution in [3.05, 3.63) is 23.8 Å². The quantitative estimate of drug-likeness (QED) is 0.739. The van der Waals surface area contributed by atoms with Crippen LogP contribution in [0.15, 0.2) is 23.8 Å². The standard InChI is InChI=1S/C14H21NO4S/c1-11-3-6-14(7-4-11,20(17,18)19)10-12-5-8-15(2)13(16)9-12/h3-4,6,12H,5,7-10H2,1-2H3,(H,17,18,19)/p-1. The van der Waals surface area contributed by atoms with Gasteiger partial charge in [-0.15, -0.1) is 0 Å². The molecule has 0 radical (unpaired) electrons. The minimum Gasteiger partial charge on any atom is -0.747 e. The molecule has 0 aromatic carbocycles. The Bertz CT molecular complexity index is 564. The lowest BCUT2D eigenvalue weighted by Gasteiger charge is -2.39. The van der Waals surface area contributed by atoms with E-state index in [1.807, 2.05) is 6.92 Å². The predicted octanol–water partition coefficient (Wildman–Crippen LogP) is 1.44. The van der Waals surface area contributed by atoms with Gasteiger partial charge in [0.25, 0.3) is 0 Å². The van der Waals surface area contributed by atoms with Crippen LogP contribution in [0.1, 0.15) is 32.6 Å². The molecule has 0 saturated carbocycles. The summed E-state index contributed by atoms with van der Waals surface area (Å²) in [7, 11) is -2.71. The van der Waals surface area contributed by atoms with Crippen molar-refractivity contribution in [1.29, 1.82) is 0 Å². The summed E-state index contributed by atoms with van der Waals surface area (Å²) in [5.74, 6) is -0.0231. The number of nitrogens with zero attached hydrogens (tertiary/aromatic N) is 1. The molecule has 0 spiro atoms. The van der Waals surface area contributed by atoms with Crippen LogP contribution in [0.3, 0.4) is 0 Å². The Hall–Kier alpha value is -1.14. The van der Waals surface area contributed by atoms with Gasteiger partial charge in [0.2, 0.25) is 5.91 Å². The number of likely N-dealkylation sites (tertiary alicyclic amines) is 1. The average Bonchev–Trinajstić information content (AvgIpc) is 2.35. The molecular formula is C14H20NO4S-. The molecule has 2 rings (SSSR count). The van der Waals surface area contributed by atoms with Crippen molar-refractivity contribution in [3.8, 4) is 0 Å². The zero-order chi connectivity index (χ0) is 15.0. The molecular weight excluding hydrogens is 278 g/mol. The SMILES string of the molecule is CC1=CCC(CC2CCN(C)C(=O)C2)(S(=O)(=O)[O-])C=C1. The molecule has 6 heteroatoms. The highest BCUT2D eigenvalue weighted by Gasteiger charge is 2.39. The first-order valence-corrected chi connectivity index (χ1v) is 8.20. The van der Waals surface area contributed by atoms with E-state index in [1.54, 1.807) is 24.1 Å². The van der Waals surface area contributed by atoms with Gasteiger partial charge in [0, 0.05) is 20.0 Å². The van der Waals surface area contributed by atoms with E-state index in [2.05, 4.69) is 0 Å². The number of amides is 1. The van der Waals surface area contributed by atoms with Crippen molar-refractivity contribution >= 4 is 16.0 Å². The second-order valence-corrected chi connectivity index (χ2v) is 7.60. The van der Waals surface area contributed by atoms with Crippen LogP contribution in [0.4, 0.5) is 0 Å². The van der Waals surface area contributed by atoms with E-state index >= 15 is 0 Å². The molecule has 1 aliphatic heterocycles. The average molecular weight is 298 g/mol. The lowest BCUT2D eigenvalue weighted by molar-refractivity contribution is -0.133. The maximum Gasteiger partial charge on any atom is 0.222 e. The monoisotopic (exact) mass is 298 g/mol. The summed E-state index contributed by atoms with van der Waals surface area (Å²) in [4.78, 5) is 13.4. The van der Waals surface area contributed by atoms with Crippen LogP contribution in [0.2, 0.25) is 0 Å². The molecule has 1 amide bonds. The minimum absolute atomic E-state index is 0.0196. The van der Waals surface area contributed by atoms with Gasteiger partial charge in [-0.3, -0.25) is 4.79 Å². The van der Waals surface area contributed by atoms with Crippen LogP contribution in [0.5, 0.6) is 0 Å². The molecule has 2 aliphatic rings. The molecule has 1 fully saturated rings. The van der Waals surface area contributed by atoms with E-state index in [4.69, 9.17) is 0 Å². The first-order valence-electron chi connectivity index (χ1n) is 6.79. The van der Waals surface area contributed by atoms with E-state index < -0.39 is 14.9 Å². The minimum atomic E-state index is -4.45. The third kappa shape index (κ3) is 2.96. The summed E-state index contributed by atoms with van der Waals surface area (Å²) in [5, 5.41) is 0. The topological polar surface area (TPSA) is 77.5 Å². The maximum absolute atomic E-state index is 11.7. The highest BCUT2D eigenvalue weighted by molar-refractivity contribution is 7.87. The fourth-order valence-corrected chi connectivity index (χ4v) is 3.82. The number of hydrogen-bond acceptors (Lipinski definition) is 4. The Morgan fingerprint density at radius 3 is 2.70 bits per heavy atom. The van der Waals surface area contributed by atoms with E-state index in [9.17, 15) is 17.8 Å². The van der Waals surface area contributed by atoms with Crippen LogP contribution < -0.4 is 0 Å². The van der Waals surface area contributed by atoms with Crippen LogP contribution in [-0.4, -0.2) is 42.1 Å². The van der Waals surface area contributed by atoms with Crippen LogP contribution in [0.25, 0.3) is 0 Å². The van der Waals surface area contributed by atoms with Gasteiger partial charge in [0.1, 0.15) is 10.1 Å². The fourth-order valence-electron chi connectivity index (χ4n) is 2.86. The Balaban J connectivity index is 2.19.